The fourth-order valence-electron chi connectivity index (χ4n) is 2.06. The number of hydrogen-bond donors (Lipinski definition) is 1. The number of ether oxygens (including phenoxy) is 1. The van der Waals surface area contributed by atoms with Crippen molar-refractivity contribution < 1.29 is 23.7 Å². The molecule has 0 aliphatic heterocycles. The molecule has 0 unspecified atom stereocenters. The molecule has 0 aliphatic rings. The summed E-state index contributed by atoms with van der Waals surface area (Å²) in [6, 6.07) is 13.7. The van der Waals surface area contributed by atoms with Crippen LogP contribution in [-0.4, -0.2) is 33.6 Å². The summed E-state index contributed by atoms with van der Waals surface area (Å²) in [6.45, 7) is -0.584. The Kier molecular flexibility index (Phi) is 5.17. The number of non-ortho nitro benzene ring substituents is 1. The normalized spacial score (nSPS) is 10.2. The van der Waals surface area contributed by atoms with E-state index in [4.69, 9.17) is 9.15 Å². The number of nitrogens with zero attached hydrogens (tertiary/aromatic N) is 3. The molecule has 1 amide bonds. The van der Waals surface area contributed by atoms with E-state index < -0.39 is 23.4 Å². The minimum absolute atomic E-state index is 0.0811. The third-order valence-electron chi connectivity index (χ3n) is 3.34. The molecule has 0 aliphatic carbocycles. The Bertz CT molecular complexity index is 969. The largest absolute Gasteiger partial charge is 0.452 e. The van der Waals surface area contributed by atoms with Crippen LogP contribution in [0, 0.1) is 10.1 Å². The Morgan fingerprint density at radius 2 is 1.78 bits per heavy atom. The summed E-state index contributed by atoms with van der Waals surface area (Å²) in [5.74, 6) is -1.24. The zero-order chi connectivity index (χ0) is 19.2. The molecule has 0 atom stereocenters. The second-order valence-electron chi connectivity index (χ2n) is 5.21. The van der Waals surface area contributed by atoms with Gasteiger partial charge in [-0.15, -0.1) is 5.10 Å². The van der Waals surface area contributed by atoms with Gasteiger partial charge in [-0.3, -0.25) is 20.2 Å². The summed E-state index contributed by atoms with van der Waals surface area (Å²) in [5.41, 5.74) is 0.613. The standard InChI is InChI=1S/C17H12N4O6/c22-14(10-26-16(23)12-6-8-13(9-7-12)21(24)25)18-17-20-19-15(27-17)11-4-2-1-3-5-11/h1-9H,10H2,(H,18,20,22). The number of nitrogens with one attached hydrogen (secondary N) is 1. The highest BCUT2D eigenvalue weighted by atomic mass is 16.6. The predicted octanol–water partition coefficient (Wildman–Crippen LogP) is 2.44. The molecule has 0 saturated carbocycles. The van der Waals surface area contributed by atoms with Crippen molar-refractivity contribution in [1.29, 1.82) is 0 Å². The lowest BCUT2D eigenvalue weighted by Crippen LogP contribution is -2.21. The van der Waals surface area contributed by atoms with E-state index in [2.05, 4.69) is 15.5 Å². The number of rotatable bonds is 6. The van der Waals surface area contributed by atoms with Gasteiger partial charge in [0, 0.05) is 17.7 Å². The second-order valence-corrected chi connectivity index (χ2v) is 5.21. The number of amides is 1. The zero-order valence-corrected chi connectivity index (χ0v) is 13.7. The monoisotopic (exact) mass is 368 g/mol. The molecule has 1 heterocycles. The number of aromatic nitrogens is 2. The topological polar surface area (TPSA) is 137 Å². The van der Waals surface area contributed by atoms with Gasteiger partial charge in [-0.05, 0) is 24.3 Å². The Hall–Kier alpha value is -4.08. The van der Waals surface area contributed by atoms with Crippen molar-refractivity contribution in [1.82, 2.24) is 10.2 Å². The summed E-state index contributed by atoms with van der Waals surface area (Å²) in [4.78, 5) is 33.7. The summed E-state index contributed by atoms with van der Waals surface area (Å²) in [5, 5.41) is 20.4. The van der Waals surface area contributed by atoms with E-state index in [9.17, 15) is 19.7 Å². The molecule has 2 aromatic carbocycles. The van der Waals surface area contributed by atoms with E-state index in [1.807, 2.05) is 6.07 Å². The summed E-state index contributed by atoms with van der Waals surface area (Å²) in [6.07, 6.45) is 0. The Morgan fingerprint density at radius 3 is 2.44 bits per heavy atom. The molecule has 27 heavy (non-hydrogen) atoms. The number of carbonyl (C=O) groups excluding carboxylic acids is 2. The quantitative estimate of drug-likeness (QED) is 0.398. The van der Waals surface area contributed by atoms with Gasteiger partial charge in [-0.1, -0.05) is 23.3 Å². The number of anilines is 1. The highest BCUT2D eigenvalue weighted by Crippen LogP contribution is 2.19. The van der Waals surface area contributed by atoms with E-state index in [0.29, 0.717) is 5.56 Å². The Morgan fingerprint density at radius 1 is 1.07 bits per heavy atom. The van der Waals surface area contributed by atoms with Crippen molar-refractivity contribution in [2.75, 3.05) is 11.9 Å². The average molecular weight is 368 g/mol. The van der Waals surface area contributed by atoms with Gasteiger partial charge >= 0.3 is 12.0 Å². The van der Waals surface area contributed by atoms with Crippen molar-refractivity contribution in [2.45, 2.75) is 0 Å². The molecule has 0 fully saturated rings. The lowest BCUT2D eigenvalue weighted by molar-refractivity contribution is -0.384. The number of nitro groups is 1. The van der Waals surface area contributed by atoms with Gasteiger partial charge in [-0.2, -0.15) is 0 Å². The average Bonchev–Trinajstić information content (AvgIpc) is 3.15. The van der Waals surface area contributed by atoms with Gasteiger partial charge < -0.3 is 9.15 Å². The van der Waals surface area contributed by atoms with Crippen LogP contribution in [0.2, 0.25) is 0 Å². The molecule has 1 N–H and O–H groups in total. The first-order chi connectivity index (χ1) is 13.0. The molecule has 3 rings (SSSR count). The molecule has 1 aromatic heterocycles. The van der Waals surface area contributed by atoms with E-state index in [-0.39, 0.29) is 23.2 Å². The lowest BCUT2D eigenvalue weighted by Gasteiger charge is -2.04. The number of carbonyl (C=O) groups is 2. The third kappa shape index (κ3) is 4.51. The second kappa shape index (κ2) is 7.87. The number of benzene rings is 2. The van der Waals surface area contributed by atoms with Crippen LogP contribution in [0.5, 0.6) is 0 Å². The van der Waals surface area contributed by atoms with E-state index in [0.717, 1.165) is 0 Å². The van der Waals surface area contributed by atoms with E-state index in [1.165, 1.54) is 24.3 Å². The van der Waals surface area contributed by atoms with Gasteiger partial charge in [0.1, 0.15) is 0 Å². The summed E-state index contributed by atoms with van der Waals surface area (Å²) in [7, 11) is 0. The smallest absolute Gasteiger partial charge is 0.338 e. The van der Waals surface area contributed by atoms with Gasteiger partial charge in [-0.25, -0.2) is 4.79 Å². The van der Waals surface area contributed by atoms with E-state index in [1.54, 1.807) is 24.3 Å². The van der Waals surface area contributed by atoms with Crippen molar-refractivity contribution in [3.8, 4) is 11.5 Å². The van der Waals surface area contributed by atoms with Crippen LogP contribution >= 0.6 is 0 Å². The molecular formula is C17H12N4O6. The zero-order valence-electron chi connectivity index (χ0n) is 13.7. The van der Waals surface area contributed by atoms with Crippen molar-refractivity contribution in [2.24, 2.45) is 0 Å². The summed E-state index contributed by atoms with van der Waals surface area (Å²) >= 11 is 0. The van der Waals surface area contributed by atoms with Crippen LogP contribution in [0.3, 0.4) is 0 Å². The van der Waals surface area contributed by atoms with Gasteiger partial charge in [0.2, 0.25) is 5.89 Å². The molecule has 10 heteroatoms. The first-order valence-electron chi connectivity index (χ1n) is 7.63. The Labute approximate surface area is 151 Å². The van der Waals surface area contributed by atoms with Crippen LogP contribution in [-0.2, 0) is 9.53 Å². The van der Waals surface area contributed by atoms with Gasteiger partial charge in [0.25, 0.3) is 11.6 Å². The maximum atomic E-state index is 11.8. The number of nitro benzene ring substituents is 1. The highest BCUT2D eigenvalue weighted by molar-refractivity contribution is 5.94. The lowest BCUT2D eigenvalue weighted by atomic mass is 10.2. The predicted molar refractivity (Wildman–Crippen MR) is 91.7 cm³/mol. The van der Waals surface area contributed by atoms with Crippen molar-refractivity contribution >= 4 is 23.6 Å². The van der Waals surface area contributed by atoms with Crippen LogP contribution in [0.1, 0.15) is 10.4 Å². The maximum absolute atomic E-state index is 11.8. The van der Waals surface area contributed by atoms with Gasteiger partial charge in [0.05, 0.1) is 10.5 Å². The molecule has 0 spiro atoms. The number of esters is 1. The molecule has 0 bridgehead atoms. The highest BCUT2D eigenvalue weighted by Gasteiger charge is 2.15. The molecule has 0 radical (unpaired) electrons. The third-order valence-corrected chi connectivity index (χ3v) is 3.34. The van der Waals surface area contributed by atoms with Crippen LogP contribution < -0.4 is 5.32 Å². The first kappa shape index (κ1) is 17.7. The minimum Gasteiger partial charge on any atom is -0.452 e. The molecule has 0 saturated heterocycles. The number of hydrogen-bond acceptors (Lipinski definition) is 8. The van der Waals surface area contributed by atoms with Crippen LogP contribution in [0.15, 0.2) is 59.0 Å². The maximum Gasteiger partial charge on any atom is 0.338 e. The Balaban J connectivity index is 1.53. The van der Waals surface area contributed by atoms with Crippen LogP contribution in [0.25, 0.3) is 11.5 Å². The molecule has 10 nitrogen and oxygen atoms in total. The van der Waals surface area contributed by atoms with Crippen molar-refractivity contribution in [3.63, 3.8) is 0 Å². The fourth-order valence-corrected chi connectivity index (χ4v) is 2.06. The minimum atomic E-state index is -0.796. The molecule has 136 valence electrons. The van der Waals surface area contributed by atoms with Gasteiger partial charge in [0.15, 0.2) is 6.61 Å². The summed E-state index contributed by atoms with van der Waals surface area (Å²) < 4.78 is 10.2. The molecular weight excluding hydrogens is 356 g/mol. The molecule has 3 aromatic rings. The van der Waals surface area contributed by atoms with Crippen molar-refractivity contribution in [3.05, 3.63) is 70.3 Å². The SMILES string of the molecule is O=C(COC(=O)c1ccc([N+](=O)[O-])cc1)Nc1nnc(-c2ccccc2)o1. The first-order valence-corrected chi connectivity index (χ1v) is 7.63. The fraction of sp³-hybridized carbons (Fsp3) is 0.0588. The van der Waals surface area contributed by atoms with Crippen LogP contribution in [0.4, 0.5) is 11.7 Å². The van der Waals surface area contributed by atoms with E-state index >= 15 is 0 Å².